The number of benzene rings is 2. The molecule has 0 aliphatic heterocycles. The molecule has 26 heavy (non-hydrogen) atoms. The van der Waals surface area contributed by atoms with E-state index < -0.39 is 35.5 Å². The van der Waals surface area contributed by atoms with Gasteiger partial charge in [-0.2, -0.15) is 10.1 Å². The van der Waals surface area contributed by atoms with Crippen molar-refractivity contribution in [3.05, 3.63) is 76.3 Å². The van der Waals surface area contributed by atoms with E-state index in [1.54, 1.807) is 12.1 Å². The molecule has 2 aromatic carbocycles. The number of halogens is 2. The molecular formula is C18H14F2N4O2. The Hall–Kier alpha value is -3.42. The number of carbonyl (C=O) groups is 1. The van der Waals surface area contributed by atoms with Crippen molar-refractivity contribution in [3.63, 3.8) is 0 Å². The van der Waals surface area contributed by atoms with Gasteiger partial charge in [-0.15, -0.1) is 0 Å². The predicted octanol–water partition coefficient (Wildman–Crippen LogP) is 2.53. The SMILES string of the molecule is Cc1ccc(-c2cnn(CC(=O)Nc3c(F)cccc3F)c(=O)n2)cc1. The molecule has 0 saturated heterocycles. The Morgan fingerprint density at radius 2 is 1.77 bits per heavy atom. The molecular weight excluding hydrogens is 342 g/mol. The maximum Gasteiger partial charge on any atom is 0.365 e. The highest BCUT2D eigenvalue weighted by molar-refractivity contribution is 5.90. The smallest absolute Gasteiger partial charge is 0.320 e. The highest BCUT2D eigenvalue weighted by Crippen LogP contribution is 2.18. The first-order valence-electron chi connectivity index (χ1n) is 7.69. The first kappa shape index (κ1) is 17.4. The molecule has 1 N–H and O–H groups in total. The number of hydrogen-bond acceptors (Lipinski definition) is 4. The van der Waals surface area contributed by atoms with E-state index >= 15 is 0 Å². The lowest BCUT2D eigenvalue weighted by molar-refractivity contribution is -0.117. The molecule has 0 saturated carbocycles. The van der Waals surface area contributed by atoms with E-state index in [2.05, 4.69) is 15.4 Å². The minimum atomic E-state index is -0.911. The van der Waals surface area contributed by atoms with Crippen LogP contribution in [-0.4, -0.2) is 20.7 Å². The second-order valence-electron chi connectivity index (χ2n) is 5.59. The lowest BCUT2D eigenvalue weighted by Gasteiger charge is -2.08. The number of anilines is 1. The Balaban J connectivity index is 1.77. The van der Waals surface area contributed by atoms with Gasteiger partial charge in [-0.05, 0) is 19.1 Å². The number of hydrogen-bond donors (Lipinski definition) is 1. The second kappa shape index (κ2) is 7.22. The molecule has 3 aromatic rings. The van der Waals surface area contributed by atoms with Crippen molar-refractivity contribution in [1.29, 1.82) is 0 Å². The Labute approximate surface area is 147 Å². The van der Waals surface area contributed by atoms with E-state index in [-0.39, 0.29) is 0 Å². The maximum absolute atomic E-state index is 13.5. The number of carbonyl (C=O) groups excluding carboxylic acids is 1. The molecule has 0 aliphatic rings. The largest absolute Gasteiger partial charge is 0.365 e. The van der Waals surface area contributed by atoms with E-state index in [1.165, 1.54) is 12.3 Å². The van der Waals surface area contributed by atoms with Crippen molar-refractivity contribution in [2.75, 3.05) is 5.32 Å². The zero-order chi connectivity index (χ0) is 18.7. The number of rotatable bonds is 4. The average Bonchev–Trinajstić information content (AvgIpc) is 2.61. The summed E-state index contributed by atoms with van der Waals surface area (Å²) in [6, 6.07) is 10.6. The summed E-state index contributed by atoms with van der Waals surface area (Å²) in [5, 5.41) is 5.99. The first-order valence-corrected chi connectivity index (χ1v) is 7.69. The third-order valence-electron chi connectivity index (χ3n) is 3.62. The van der Waals surface area contributed by atoms with E-state index in [0.717, 1.165) is 22.4 Å². The van der Waals surface area contributed by atoms with Gasteiger partial charge in [-0.25, -0.2) is 18.3 Å². The zero-order valence-corrected chi connectivity index (χ0v) is 13.7. The minimum absolute atomic E-state index is 0.367. The average molecular weight is 356 g/mol. The molecule has 1 amide bonds. The van der Waals surface area contributed by atoms with Gasteiger partial charge in [-0.1, -0.05) is 35.9 Å². The van der Waals surface area contributed by atoms with Crippen LogP contribution in [0.1, 0.15) is 5.56 Å². The van der Waals surface area contributed by atoms with Gasteiger partial charge in [-0.3, -0.25) is 4.79 Å². The Morgan fingerprint density at radius 1 is 1.12 bits per heavy atom. The van der Waals surface area contributed by atoms with Crippen molar-refractivity contribution in [3.8, 4) is 11.3 Å². The van der Waals surface area contributed by atoms with Crippen LogP contribution in [0.2, 0.25) is 0 Å². The molecule has 6 nitrogen and oxygen atoms in total. The van der Waals surface area contributed by atoms with Gasteiger partial charge in [0, 0.05) is 5.56 Å². The van der Waals surface area contributed by atoms with E-state index in [1.807, 2.05) is 19.1 Å². The first-order chi connectivity index (χ1) is 12.4. The number of nitrogens with one attached hydrogen (secondary N) is 1. The van der Waals surface area contributed by atoms with Gasteiger partial charge in [0.25, 0.3) is 0 Å². The monoisotopic (exact) mass is 356 g/mol. The lowest BCUT2D eigenvalue weighted by atomic mass is 10.1. The number of aromatic nitrogens is 3. The molecule has 1 heterocycles. The van der Waals surface area contributed by atoms with Crippen LogP contribution >= 0.6 is 0 Å². The highest BCUT2D eigenvalue weighted by atomic mass is 19.1. The summed E-state index contributed by atoms with van der Waals surface area (Å²) in [5.74, 6) is -2.62. The van der Waals surface area contributed by atoms with Crippen molar-refractivity contribution in [2.45, 2.75) is 13.5 Å². The van der Waals surface area contributed by atoms with Crippen LogP contribution in [0.25, 0.3) is 11.3 Å². The molecule has 0 radical (unpaired) electrons. The fourth-order valence-electron chi connectivity index (χ4n) is 2.27. The summed E-state index contributed by atoms with van der Waals surface area (Å²) in [6.07, 6.45) is 1.35. The topological polar surface area (TPSA) is 76.9 Å². The quantitative estimate of drug-likeness (QED) is 0.779. The van der Waals surface area contributed by atoms with E-state index in [4.69, 9.17) is 0 Å². The van der Waals surface area contributed by atoms with Crippen molar-refractivity contribution < 1.29 is 13.6 Å². The second-order valence-corrected chi connectivity index (χ2v) is 5.59. The third kappa shape index (κ3) is 3.80. The summed E-state index contributed by atoms with van der Waals surface area (Å²) in [7, 11) is 0. The van der Waals surface area contributed by atoms with Gasteiger partial charge in [0.15, 0.2) is 0 Å². The molecule has 0 atom stereocenters. The summed E-state index contributed by atoms with van der Waals surface area (Å²) in [4.78, 5) is 27.9. The maximum atomic E-state index is 13.5. The molecule has 8 heteroatoms. The van der Waals surface area contributed by atoms with Gasteiger partial charge in [0.1, 0.15) is 23.9 Å². The number of para-hydroxylation sites is 1. The Morgan fingerprint density at radius 3 is 2.38 bits per heavy atom. The number of amides is 1. The molecule has 132 valence electrons. The zero-order valence-electron chi connectivity index (χ0n) is 13.7. The summed E-state index contributed by atoms with van der Waals surface area (Å²) >= 11 is 0. The lowest BCUT2D eigenvalue weighted by Crippen LogP contribution is -2.31. The van der Waals surface area contributed by atoms with Gasteiger partial charge in [0.05, 0.1) is 11.9 Å². The molecule has 0 fully saturated rings. The van der Waals surface area contributed by atoms with Crippen molar-refractivity contribution >= 4 is 11.6 Å². The van der Waals surface area contributed by atoms with Crippen LogP contribution < -0.4 is 11.0 Å². The Bertz CT molecular complexity index is 996. The molecule has 0 unspecified atom stereocenters. The minimum Gasteiger partial charge on any atom is -0.320 e. The van der Waals surface area contributed by atoms with Crippen LogP contribution in [0.3, 0.4) is 0 Å². The van der Waals surface area contributed by atoms with Crippen molar-refractivity contribution in [2.24, 2.45) is 0 Å². The summed E-state index contributed by atoms with van der Waals surface area (Å²) in [5.41, 5.74) is 0.825. The summed E-state index contributed by atoms with van der Waals surface area (Å²) in [6.45, 7) is 1.41. The molecule has 0 aliphatic carbocycles. The van der Waals surface area contributed by atoms with Gasteiger partial charge < -0.3 is 5.32 Å². The molecule has 0 spiro atoms. The third-order valence-corrected chi connectivity index (χ3v) is 3.62. The van der Waals surface area contributed by atoms with Crippen molar-refractivity contribution in [1.82, 2.24) is 14.8 Å². The standard InChI is InChI=1S/C18H14F2N4O2/c1-11-5-7-12(8-6-11)15-9-21-24(18(26)22-15)10-16(25)23-17-13(19)3-2-4-14(17)20/h2-9H,10H2,1H3,(H,23,25). The van der Waals surface area contributed by atoms with Crippen LogP contribution in [0, 0.1) is 18.6 Å². The fourth-order valence-corrected chi connectivity index (χ4v) is 2.27. The summed E-state index contributed by atoms with van der Waals surface area (Å²) < 4.78 is 27.9. The normalized spacial score (nSPS) is 10.6. The van der Waals surface area contributed by atoms with E-state index in [9.17, 15) is 18.4 Å². The van der Waals surface area contributed by atoms with Crippen LogP contribution in [0.15, 0.2) is 53.5 Å². The number of nitrogens with zero attached hydrogens (tertiary/aromatic N) is 3. The van der Waals surface area contributed by atoms with Gasteiger partial charge >= 0.3 is 5.69 Å². The van der Waals surface area contributed by atoms with Crippen LogP contribution in [-0.2, 0) is 11.3 Å². The molecule has 1 aromatic heterocycles. The molecule has 3 rings (SSSR count). The van der Waals surface area contributed by atoms with Crippen LogP contribution in [0.5, 0.6) is 0 Å². The predicted molar refractivity (Wildman–Crippen MR) is 91.5 cm³/mol. The van der Waals surface area contributed by atoms with Gasteiger partial charge in [0.2, 0.25) is 5.91 Å². The fraction of sp³-hybridized carbons (Fsp3) is 0.111. The Kier molecular flexibility index (Phi) is 4.83. The number of aryl methyl sites for hydroxylation is 1. The molecule has 0 bridgehead atoms. The van der Waals surface area contributed by atoms with E-state index in [0.29, 0.717) is 11.3 Å². The van der Waals surface area contributed by atoms with Crippen LogP contribution in [0.4, 0.5) is 14.5 Å². The highest BCUT2D eigenvalue weighted by Gasteiger charge is 2.14.